The number of amides is 1. The third-order valence-electron chi connectivity index (χ3n) is 4.31. The quantitative estimate of drug-likeness (QED) is 0.667. The first-order chi connectivity index (χ1) is 11.1. The average Bonchev–Trinajstić information content (AvgIpc) is 2.95. The van der Waals surface area contributed by atoms with Crippen molar-refractivity contribution in [2.75, 3.05) is 0 Å². The smallest absolute Gasteiger partial charge is 0.264 e. The molecule has 4 nitrogen and oxygen atoms in total. The van der Waals surface area contributed by atoms with Crippen molar-refractivity contribution in [3.63, 3.8) is 0 Å². The summed E-state index contributed by atoms with van der Waals surface area (Å²) in [5.41, 5.74) is 0.420. The Hall–Kier alpha value is -1.82. The molecule has 124 valence electrons. The van der Waals surface area contributed by atoms with Gasteiger partial charge < -0.3 is 16.1 Å². The van der Waals surface area contributed by atoms with Crippen LogP contribution in [0, 0.1) is 22.6 Å². The van der Waals surface area contributed by atoms with Gasteiger partial charge in [-0.25, -0.2) is 4.39 Å². The van der Waals surface area contributed by atoms with Gasteiger partial charge in [-0.2, -0.15) is 0 Å². The Bertz CT molecular complexity index is 617. The van der Waals surface area contributed by atoms with E-state index in [1.165, 1.54) is 31.4 Å². The first-order valence-corrected chi connectivity index (χ1v) is 8.70. The van der Waals surface area contributed by atoms with Crippen LogP contribution in [-0.2, 0) is 0 Å². The van der Waals surface area contributed by atoms with E-state index in [4.69, 9.17) is 10.8 Å². The van der Waals surface area contributed by atoms with Crippen LogP contribution in [0.1, 0.15) is 53.6 Å². The summed E-state index contributed by atoms with van der Waals surface area (Å²) in [5.74, 6) is -0.503. The lowest BCUT2D eigenvalue weighted by Crippen LogP contribution is -2.38. The van der Waals surface area contributed by atoms with E-state index in [0.717, 1.165) is 36.6 Å². The van der Waals surface area contributed by atoms with Crippen LogP contribution in [0.2, 0.25) is 0 Å². The molecule has 1 saturated carbocycles. The van der Waals surface area contributed by atoms with Crippen LogP contribution in [0.5, 0.6) is 0 Å². The van der Waals surface area contributed by atoms with Crippen LogP contribution < -0.4 is 5.32 Å². The van der Waals surface area contributed by atoms with Crippen molar-refractivity contribution < 1.29 is 9.18 Å². The molecule has 0 radical (unpaired) electrons. The number of allylic oxidation sites excluding steroid dienone is 2. The molecule has 23 heavy (non-hydrogen) atoms. The Morgan fingerprint density at radius 2 is 2.09 bits per heavy atom. The van der Waals surface area contributed by atoms with Crippen molar-refractivity contribution in [2.45, 2.75) is 45.1 Å². The zero-order valence-electron chi connectivity index (χ0n) is 13.2. The van der Waals surface area contributed by atoms with Gasteiger partial charge in [0.25, 0.3) is 5.91 Å². The number of rotatable bonds is 6. The van der Waals surface area contributed by atoms with E-state index >= 15 is 0 Å². The molecule has 1 fully saturated rings. The van der Waals surface area contributed by atoms with E-state index in [1.54, 1.807) is 0 Å². The SMILES string of the molecule is CC(NC(=O)c1sc(/C(C=N)=C/C=N)cc1F)C1CCCCC1. The van der Waals surface area contributed by atoms with Gasteiger partial charge in [0.1, 0.15) is 10.7 Å². The van der Waals surface area contributed by atoms with Gasteiger partial charge in [0, 0.05) is 28.9 Å². The number of carbonyl (C=O) groups excluding carboxylic acids is 1. The number of carbonyl (C=O) groups is 1. The standard InChI is InChI=1S/C17H22FN3OS/c1-11(12-5-3-2-4-6-12)21-17(22)16-14(18)9-15(23-16)13(10-20)7-8-19/h7-12,19-20H,2-6H2,1H3,(H,21,22)/b13-7+,19-8?,20-10?. The summed E-state index contributed by atoms with van der Waals surface area (Å²) in [6, 6.07) is 1.29. The first-order valence-electron chi connectivity index (χ1n) is 7.88. The van der Waals surface area contributed by atoms with Gasteiger partial charge in [-0.3, -0.25) is 4.79 Å². The van der Waals surface area contributed by atoms with E-state index in [0.29, 0.717) is 16.4 Å². The summed E-state index contributed by atoms with van der Waals surface area (Å²) in [4.78, 5) is 12.9. The Balaban J connectivity index is 2.10. The normalized spacial score (nSPS) is 17.6. The highest BCUT2D eigenvalue weighted by Gasteiger charge is 2.24. The molecular weight excluding hydrogens is 313 g/mol. The maximum atomic E-state index is 14.1. The highest BCUT2D eigenvalue weighted by molar-refractivity contribution is 7.15. The number of nitrogens with one attached hydrogen (secondary N) is 3. The minimum Gasteiger partial charge on any atom is -0.349 e. The Morgan fingerprint density at radius 3 is 2.70 bits per heavy atom. The van der Waals surface area contributed by atoms with Crippen molar-refractivity contribution >= 4 is 35.2 Å². The van der Waals surface area contributed by atoms with Gasteiger partial charge in [-0.1, -0.05) is 19.3 Å². The number of halogens is 1. The minimum absolute atomic E-state index is 0.0343. The molecule has 1 unspecified atom stereocenters. The van der Waals surface area contributed by atoms with Crippen LogP contribution >= 0.6 is 11.3 Å². The van der Waals surface area contributed by atoms with Crippen molar-refractivity contribution in [2.24, 2.45) is 5.92 Å². The van der Waals surface area contributed by atoms with Gasteiger partial charge in [-0.05, 0) is 37.8 Å². The average molecular weight is 335 g/mol. The van der Waals surface area contributed by atoms with Crippen LogP contribution in [0.4, 0.5) is 4.39 Å². The maximum Gasteiger partial charge on any atom is 0.264 e. The molecule has 2 rings (SSSR count). The highest BCUT2D eigenvalue weighted by Crippen LogP contribution is 2.29. The van der Waals surface area contributed by atoms with E-state index in [1.807, 2.05) is 6.92 Å². The van der Waals surface area contributed by atoms with Crippen molar-refractivity contribution in [3.8, 4) is 0 Å². The Labute approximate surface area is 139 Å². The van der Waals surface area contributed by atoms with Gasteiger partial charge in [0.15, 0.2) is 0 Å². The number of thiophene rings is 1. The van der Waals surface area contributed by atoms with Crippen LogP contribution in [0.25, 0.3) is 5.57 Å². The second-order valence-electron chi connectivity index (χ2n) is 5.88. The molecule has 0 aromatic carbocycles. The molecule has 3 N–H and O–H groups in total. The molecule has 0 spiro atoms. The lowest BCUT2D eigenvalue weighted by atomic mass is 9.84. The van der Waals surface area contributed by atoms with E-state index < -0.39 is 11.7 Å². The monoisotopic (exact) mass is 335 g/mol. The minimum atomic E-state index is -0.573. The fourth-order valence-electron chi connectivity index (χ4n) is 2.98. The Morgan fingerprint density at radius 1 is 1.39 bits per heavy atom. The fourth-order valence-corrected chi connectivity index (χ4v) is 3.92. The third-order valence-corrected chi connectivity index (χ3v) is 5.47. The molecule has 1 amide bonds. The van der Waals surface area contributed by atoms with Crippen LogP contribution in [-0.4, -0.2) is 24.4 Å². The molecule has 1 aromatic heterocycles. The van der Waals surface area contributed by atoms with Gasteiger partial charge in [-0.15, -0.1) is 11.3 Å². The van der Waals surface area contributed by atoms with Gasteiger partial charge in [0.2, 0.25) is 0 Å². The largest absolute Gasteiger partial charge is 0.349 e. The van der Waals surface area contributed by atoms with E-state index in [2.05, 4.69) is 5.32 Å². The summed E-state index contributed by atoms with van der Waals surface area (Å²) in [6.07, 6.45) is 9.38. The van der Waals surface area contributed by atoms with Crippen LogP contribution in [0.3, 0.4) is 0 Å². The van der Waals surface area contributed by atoms with Crippen molar-refractivity contribution in [3.05, 3.63) is 27.7 Å². The summed E-state index contributed by atoms with van der Waals surface area (Å²) < 4.78 is 14.1. The van der Waals surface area contributed by atoms with E-state index in [9.17, 15) is 9.18 Å². The molecule has 0 aliphatic heterocycles. The van der Waals surface area contributed by atoms with Gasteiger partial charge >= 0.3 is 0 Å². The predicted octanol–water partition coefficient (Wildman–Crippen LogP) is 4.27. The summed E-state index contributed by atoms with van der Waals surface area (Å²) in [7, 11) is 0. The topological polar surface area (TPSA) is 76.8 Å². The molecule has 1 aliphatic rings. The molecule has 1 aromatic rings. The molecule has 6 heteroatoms. The molecule has 0 saturated heterocycles. The zero-order chi connectivity index (χ0) is 16.8. The number of hydrogen-bond donors (Lipinski definition) is 3. The molecule has 0 bridgehead atoms. The molecule has 1 heterocycles. The second-order valence-corrected chi connectivity index (χ2v) is 6.93. The van der Waals surface area contributed by atoms with Gasteiger partial charge in [0.05, 0.1) is 0 Å². The third kappa shape index (κ3) is 4.34. The fraction of sp³-hybridized carbons (Fsp3) is 0.471. The summed E-state index contributed by atoms with van der Waals surface area (Å²) >= 11 is 1.02. The van der Waals surface area contributed by atoms with E-state index in [-0.39, 0.29) is 10.9 Å². The summed E-state index contributed by atoms with van der Waals surface area (Å²) in [6.45, 7) is 1.98. The Kier molecular flexibility index (Phi) is 6.21. The highest BCUT2D eigenvalue weighted by atomic mass is 32.1. The zero-order valence-corrected chi connectivity index (χ0v) is 14.0. The number of hydrogen-bond acceptors (Lipinski definition) is 4. The maximum absolute atomic E-state index is 14.1. The van der Waals surface area contributed by atoms with Crippen molar-refractivity contribution in [1.82, 2.24) is 5.32 Å². The lowest BCUT2D eigenvalue weighted by Gasteiger charge is -2.28. The predicted molar refractivity (Wildman–Crippen MR) is 93.3 cm³/mol. The molecular formula is C17H22FN3OS. The summed E-state index contributed by atoms with van der Waals surface area (Å²) in [5, 5.41) is 17.3. The first kappa shape index (κ1) is 17.5. The molecule has 1 aliphatic carbocycles. The second kappa shape index (κ2) is 8.15. The van der Waals surface area contributed by atoms with Crippen LogP contribution in [0.15, 0.2) is 12.1 Å². The van der Waals surface area contributed by atoms with Crippen molar-refractivity contribution in [1.29, 1.82) is 10.8 Å². The lowest BCUT2D eigenvalue weighted by molar-refractivity contribution is 0.0920. The molecule has 1 atom stereocenters.